The molecular weight excluding hydrogens is 234 g/mol. The summed E-state index contributed by atoms with van der Waals surface area (Å²) >= 11 is 0. The van der Waals surface area contributed by atoms with Crippen LogP contribution >= 0.6 is 0 Å². The van der Waals surface area contributed by atoms with Crippen LogP contribution in [-0.4, -0.2) is 5.60 Å². The van der Waals surface area contributed by atoms with Crippen molar-refractivity contribution >= 4 is 0 Å². The van der Waals surface area contributed by atoms with Crippen molar-refractivity contribution in [3.8, 4) is 5.75 Å². The summed E-state index contributed by atoms with van der Waals surface area (Å²) in [6.07, 6.45) is 5.94. The number of rotatable bonds is 1. The highest BCUT2D eigenvalue weighted by molar-refractivity contribution is 5.38. The minimum atomic E-state index is 0.000949. The van der Waals surface area contributed by atoms with Crippen molar-refractivity contribution in [3.63, 3.8) is 0 Å². The minimum Gasteiger partial charge on any atom is -0.487 e. The zero-order valence-corrected chi connectivity index (χ0v) is 12.1. The molecule has 1 saturated carbocycles. The van der Waals surface area contributed by atoms with Crippen LogP contribution in [0.1, 0.15) is 57.6 Å². The second-order valence-corrected chi connectivity index (χ2v) is 6.73. The molecule has 3 atom stereocenters. The Bertz CT molecular complexity index is 456. The van der Waals surface area contributed by atoms with Gasteiger partial charge in [-0.15, -0.1) is 0 Å². The molecule has 2 aliphatic rings. The van der Waals surface area contributed by atoms with Crippen molar-refractivity contribution in [1.82, 2.24) is 0 Å². The maximum absolute atomic E-state index is 6.43. The lowest BCUT2D eigenvalue weighted by Gasteiger charge is -2.46. The molecule has 0 saturated heterocycles. The largest absolute Gasteiger partial charge is 0.487 e. The second kappa shape index (κ2) is 4.82. The molecule has 1 aromatic rings. The normalized spacial score (nSPS) is 34.1. The van der Waals surface area contributed by atoms with Crippen LogP contribution in [0.2, 0.25) is 0 Å². The van der Waals surface area contributed by atoms with E-state index in [0.29, 0.717) is 0 Å². The van der Waals surface area contributed by atoms with Gasteiger partial charge in [0.15, 0.2) is 0 Å². The fraction of sp³-hybridized carbons (Fsp3) is 0.647. The first-order chi connectivity index (χ1) is 9.10. The summed E-state index contributed by atoms with van der Waals surface area (Å²) in [5.41, 5.74) is 7.57. The molecule has 2 unspecified atom stereocenters. The zero-order chi connectivity index (χ0) is 13.5. The summed E-state index contributed by atoms with van der Waals surface area (Å²) in [5.74, 6) is 2.55. The number of benzene rings is 1. The third-order valence-electron chi connectivity index (χ3n) is 5.02. The Labute approximate surface area is 116 Å². The van der Waals surface area contributed by atoms with Gasteiger partial charge in [0.1, 0.15) is 11.4 Å². The summed E-state index contributed by atoms with van der Waals surface area (Å²) in [6.45, 7) is 4.67. The van der Waals surface area contributed by atoms with Gasteiger partial charge in [-0.05, 0) is 43.6 Å². The molecule has 2 N–H and O–H groups in total. The van der Waals surface area contributed by atoms with Crippen LogP contribution in [0.25, 0.3) is 0 Å². The van der Waals surface area contributed by atoms with Gasteiger partial charge in [0.2, 0.25) is 0 Å². The highest BCUT2D eigenvalue weighted by Gasteiger charge is 2.43. The maximum Gasteiger partial charge on any atom is 0.124 e. The smallest absolute Gasteiger partial charge is 0.124 e. The van der Waals surface area contributed by atoms with Gasteiger partial charge in [-0.3, -0.25) is 0 Å². The first-order valence-electron chi connectivity index (χ1n) is 7.63. The van der Waals surface area contributed by atoms with Crippen LogP contribution in [0.15, 0.2) is 24.3 Å². The van der Waals surface area contributed by atoms with Gasteiger partial charge in [-0.1, -0.05) is 32.0 Å². The van der Waals surface area contributed by atoms with Gasteiger partial charge in [0.05, 0.1) is 0 Å². The Balaban J connectivity index is 1.87. The van der Waals surface area contributed by atoms with E-state index < -0.39 is 0 Å². The molecular formula is C17H25NO. The van der Waals surface area contributed by atoms with E-state index in [-0.39, 0.29) is 11.6 Å². The van der Waals surface area contributed by atoms with E-state index in [1.807, 2.05) is 6.07 Å². The standard InChI is InChI=1S/C17H25NO/c1-12(2)13-6-5-9-17(10-13)11-15(18)14-7-3-4-8-16(14)19-17/h3-4,7-8,12-13,15H,5-6,9-11,18H2,1-2H3/t13?,15-,17?/m0/s1. The average molecular weight is 259 g/mol. The van der Waals surface area contributed by atoms with E-state index in [0.717, 1.165) is 30.4 Å². The number of nitrogens with two attached hydrogens (primary N) is 1. The first kappa shape index (κ1) is 13.0. The van der Waals surface area contributed by atoms with Gasteiger partial charge in [-0.2, -0.15) is 0 Å². The van der Waals surface area contributed by atoms with Crippen molar-refractivity contribution in [2.75, 3.05) is 0 Å². The Morgan fingerprint density at radius 2 is 2.05 bits per heavy atom. The monoisotopic (exact) mass is 259 g/mol. The van der Waals surface area contributed by atoms with Crippen molar-refractivity contribution < 1.29 is 4.74 Å². The molecule has 1 aliphatic carbocycles. The average Bonchev–Trinajstić information content (AvgIpc) is 2.38. The van der Waals surface area contributed by atoms with Crippen molar-refractivity contribution in [2.45, 2.75) is 57.6 Å². The van der Waals surface area contributed by atoms with Gasteiger partial charge < -0.3 is 10.5 Å². The molecule has 0 bridgehead atoms. The summed E-state index contributed by atoms with van der Waals surface area (Å²) < 4.78 is 6.43. The molecule has 0 aromatic heterocycles. The fourth-order valence-corrected chi connectivity index (χ4v) is 3.88. The van der Waals surface area contributed by atoms with Crippen LogP contribution in [-0.2, 0) is 0 Å². The molecule has 3 rings (SSSR count). The van der Waals surface area contributed by atoms with Crippen molar-refractivity contribution in [2.24, 2.45) is 17.6 Å². The van der Waals surface area contributed by atoms with E-state index >= 15 is 0 Å². The Hall–Kier alpha value is -1.02. The first-order valence-corrected chi connectivity index (χ1v) is 7.63. The summed E-state index contributed by atoms with van der Waals surface area (Å²) in [5, 5.41) is 0. The van der Waals surface area contributed by atoms with Gasteiger partial charge in [0, 0.05) is 18.0 Å². The third-order valence-corrected chi connectivity index (χ3v) is 5.02. The molecule has 1 heterocycles. The highest BCUT2D eigenvalue weighted by Crippen LogP contribution is 2.47. The maximum atomic E-state index is 6.43. The number of ether oxygens (including phenoxy) is 1. The molecule has 104 valence electrons. The molecule has 2 heteroatoms. The molecule has 1 spiro atoms. The van der Waals surface area contributed by atoms with Crippen LogP contribution in [0.5, 0.6) is 5.75 Å². The molecule has 19 heavy (non-hydrogen) atoms. The molecule has 0 amide bonds. The fourth-order valence-electron chi connectivity index (χ4n) is 3.88. The lowest BCUT2D eigenvalue weighted by atomic mass is 9.70. The molecule has 2 nitrogen and oxygen atoms in total. The number of para-hydroxylation sites is 1. The van der Waals surface area contributed by atoms with Crippen LogP contribution in [0, 0.1) is 11.8 Å². The third kappa shape index (κ3) is 2.38. The highest BCUT2D eigenvalue weighted by atomic mass is 16.5. The summed E-state index contributed by atoms with van der Waals surface area (Å²) in [4.78, 5) is 0. The van der Waals surface area contributed by atoms with E-state index in [1.165, 1.54) is 24.8 Å². The predicted octanol–water partition coefficient (Wildman–Crippen LogP) is 4.05. The topological polar surface area (TPSA) is 35.2 Å². The number of fused-ring (bicyclic) bond motifs is 1. The van der Waals surface area contributed by atoms with Crippen molar-refractivity contribution in [1.29, 1.82) is 0 Å². The SMILES string of the molecule is CC(C)C1CCCC2(C1)C[C@H](N)c1ccccc1O2. The van der Waals surface area contributed by atoms with Crippen LogP contribution < -0.4 is 10.5 Å². The summed E-state index contributed by atoms with van der Waals surface area (Å²) in [7, 11) is 0. The van der Waals surface area contributed by atoms with Crippen LogP contribution in [0.3, 0.4) is 0 Å². The van der Waals surface area contributed by atoms with Gasteiger partial charge >= 0.3 is 0 Å². The predicted molar refractivity (Wildman–Crippen MR) is 78.1 cm³/mol. The molecule has 1 aromatic carbocycles. The Kier molecular flexibility index (Phi) is 3.30. The second-order valence-electron chi connectivity index (χ2n) is 6.73. The molecule has 1 aliphatic heterocycles. The summed E-state index contributed by atoms with van der Waals surface area (Å²) in [6, 6.07) is 8.42. The van der Waals surface area contributed by atoms with E-state index in [4.69, 9.17) is 10.5 Å². The van der Waals surface area contributed by atoms with Crippen molar-refractivity contribution in [3.05, 3.63) is 29.8 Å². The van der Waals surface area contributed by atoms with Gasteiger partial charge in [0.25, 0.3) is 0 Å². The Morgan fingerprint density at radius 1 is 1.26 bits per heavy atom. The van der Waals surface area contributed by atoms with E-state index in [2.05, 4.69) is 32.0 Å². The lowest BCUT2D eigenvalue weighted by Crippen LogP contribution is -2.47. The van der Waals surface area contributed by atoms with E-state index in [1.54, 1.807) is 0 Å². The molecule has 0 radical (unpaired) electrons. The number of hydrogen-bond acceptors (Lipinski definition) is 2. The quantitative estimate of drug-likeness (QED) is 0.825. The minimum absolute atomic E-state index is 0.000949. The molecule has 1 fully saturated rings. The van der Waals surface area contributed by atoms with E-state index in [9.17, 15) is 0 Å². The Morgan fingerprint density at radius 3 is 2.84 bits per heavy atom. The number of hydrogen-bond donors (Lipinski definition) is 1. The van der Waals surface area contributed by atoms with Gasteiger partial charge in [-0.25, -0.2) is 0 Å². The zero-order valence-electron chi connectivity index (χ0n) is 12.1. The van der Waals surface area contributed by atoms with Crippen LogP contribution in [0.4, 0.5) is 0 Å². The lowest BCUT2D eigenvalue weighted by molar-refractivity contribution is -0.0249.